The van der Waals surface area contributed by atoms with Crippen LogP contribution in [-0.2, 0) is 16.1 Å². The number of aromatic nitrogens is 3. The summed E-state index contributed by atoms with van der Waals surface area (Å²) in [5, 5.41) is 26.4. The van der Waals surface area contributed by atoms with E-state index in [0.717, 1.165) is 52.8 Å². The Morgan fingerprint density at radius 2 is 1.66 bits per heavy atom. The Labute approximate surface area is 352 Å². The van der Waals surface area contributed by atoms with Crippen molar-refractivity contribution in [2.75, 3.05) is 66.7 Å². The lowest BCUT2D eigenvalue weighted by molar-refractivity contribution is -0.136. The molecule has 8 rings (SSSR count). The Morgan fingerprint density at radius 3 is 2.31 bits per heavy atom. The Hall–Kier alpha value is -6.14. The molecule has 2 aromatic heterocycles. The molecular formula is C43H52FN11O6. The number of piperazine rings is 1. The summed E-state index contributed by atoms with van der Waals surface area (Å²) in [6.07, 6.45) is 4.14. The molecule has 2 aromatic carbocycles. The fraction of sp³-hybridized carbons (Fsp3) is 0.465. The van der Waals surface area contributed by atoms with Crippen LogP contribution < -0.4 is 26.2 Å². The van der Waals surface area contributed by atoms with Gasteiger partial charge in [0.05, 0.1) is 35.7 Å². The molecule has 4 aliphatic heterocycles. The van der Waals surface area contributed by atoms with Crippen molar-refractivity contribution in [2.24, 2.45) is 0 Å². The number of piperidine rings is 2. The standard InChI is InChI=1S/C43H52FN11O6/c1-4-27(24-56)47-36-21-37(55-39(49-36)32(23-46-55)25(2)3)45-22-26-5-7-28(8-6-26)48-43(61)53-17-15-51(16-18-53)29-11-13-52(14-12-29)35-20-31-30(19-33(35)44)41(59)54(42(31)60)34-9-10-38(57)50-40(34)58/h5-8,19-21,23,25,27,29,34,45,56H,4,9-18,22,24H2,1-3H3,(H,47,49)(H,48,61)(H,50,57,58)/t27-,34?/m0/s1. The number of benzene rings is 2. The van der Waals surface area contributed by atoms with Gasteiger partial charge in [0, 0.05) is 75.6 Å². The Bertz CT molecular complexity index is 2330. The first kappa shape index (κ1) is 41.6. The maximum absolute atomic E-state index is 15.5. The van der Waals surface area contributed by atoms with Crippen LogP contribution in [0, 0.1) is 5.82 Å². The molecular weight excluding hydrogens is 786 g/mol. The third-order valence-electron chi connectivity index (χ3n) is 12.3. The molecule has 6 heterocycles. The molecule has 2 atom stereocenters. The van der Waals surface area contributed by atoms with Crippen molar-refractivity contribution >= 4 is 58.3 Å². The van der Waals surface area contributed by atoms with Gasteiger partial charge < -0.3 is 30.9 Å². The zero-order valence-corrected chi connectivity index (χ0v) is 34.6. The van der Waals surface area contributed by atoms with Crippen LogP contribution in [0.4, 0.5) is 32.2 Å². The minimum atomic E-state index is -1.11. The summed E-state index contributed by atoms with van der Waals surface area (Å²) in [6.45, 7) is 10.3. The molecule has 17 nitrogen and oxygen atoms in total. The van der Waals surface area contributed by atoms with E-state index in [0.29, 0.717) is 57.3 Å². The normalized spacial score (nSPS) is 19.4. The molecule has 3 saturated heterocycles. The maximum atomic E-state index is 15.5. The molecule has 322 valence electrons. The highest BCUT2D eigenvalue weighted by Gasteiger charge is 2.45. The SMILES string of the molecule is CC[C@@H](CO)Nc1cc(NCc2ccc(NC(=O)N3CCN(C4CCN(c5cc6c(cc5F)C(=O)N(C5CCC(=O)NC5=O)C6=O)CC4)CC3)cc2)n2ncc(C(C)C)c2n1. The van der Waals surface area contributed by atoms with Crippen molar-refractivity contribution in [1.29, 1.82) is 0 Å². The zero-order valence-electron chi connectivity index (χ0n) is 34.6. The third kappa shape index (κ3) is 8.46. The van der Waals surface area contributed by atoms with Crippen LogP contribution in [0.2, 0.25) is 0 Å². The Balaban J connectivity index is 0.813. The number of amides is 6. The topological polar surface area (TPSA) is 197 Å². The number of fused-ring (bicyclic) bond motifs is 2. The van der Waals surface area contributed by atoms with E-state index in [4.69, 9.17) is 4.98 Å². The van der Waals surface area contributed by atoms with Gasteiger partial charge in [0.15, 0.2) is 5.65 Å². The number of hydrogen-bond acceptors (Lipinski definition) is 12. The van der Waals surface area contributed by atoms with Crippen LogP contribution in [0.15, 0.2) is 48.7 Å². The molecule has 1 unspecified atom stereocenters. The number of anilines is 4. The van der Waals surface area contributed by atoms with E-state index in [2.05, 4.69) is 45.1 Å². The first-order chi connectivity index (χ1) is 29.4. The highest BCUT2D eigenvalue weighted by Crippen LogP contribution is 2.34. The number of carbonyl (C=O) groups excluding carboxylic acids is 5. The second kappa shape index (κ2) is 17.5. The van der Waals surface area contributed by atoms with Crippen molar-refractivity contribution in [3.05, 3.63) is 76.7 Å². The van der Waals surface area contributed by atoms with Crippen molar-refractivity contribution in [1.82, 2.24) is 34.6 Å². The van der Waals surface area contributed by atoms with Crippen LogP contribution in [0.1, 0.15) is 90.6 Å². The van der Waals surface area contributed by atoms with Crippen LogP contribution in [-0.4, -0.2) is 128 Å². The lowest BCUT2D eigenvalue weighted by atomic mass is 10.0. The van der Waals surface area contributed by atoms with E-state index < -0.39 is 35.5 Å². The summed E-state index contributed by atoms with van der Waals surface area (Å²) >= 11 is 0. The lowest BCUT2D eigenvalue weighted by Crippen LogP contribution is -2.55. The van der Waals surface area contributed by atoms with Gasteiger partial charge in [0.2, 0.25) is 11.8 Å². The van der Waals surface area contributed by atoms with Gasteiger partial charge in [0.25, 0.3) is 11.8 Å². The molecule has 4 aliphatic rings. The van der Waals surface area contributed by atoms with E-state index >= 15 is 4.39 Å². The molecule has 0 saturated carbocycles. The third-order valence-corrected chi connectivity index (χ3v) is 12.3. The summed E-state index contributed by atoms with van der Waals surface area (Å²) in [4.78, 5) is 75.5. The molecule has 0 aliphatic carbocycles. The van der Waals surface area contributed by atoms with Gasteiger partial charge in [-0.2, -0.15) is 9.61 Å². The fourth-order valence-corrected chi connectivity index (χ4v) is 8.66. The number of nitrogens with zero attached hydrogens (tertiary/aromatic N) is 7. The molecule has 4 aromatic rings. The molecule has 0 bridgehead atoms. The zero-order chi connectivity index (χ0) is 42.9. The number of imide groups is 2. The van der Waals surface area contributed by atoms with E-state index in [9.17, 15) is 29.1 Å². The summed E-state index contributed by atoms with van der Waals surface area (Å²) < 4.78 is 17.3. The number of carbonyl (C=O) groups is 5. The summed E-state index contributed by atoms with van der Waals surface area (Å²) in [7, 11) is 0. The van der Waals surface area contributed by atoms with Gasteiger partial charge in [-0.05, 0) is 61.4 Å². The van der Waals surface area contributed by atoms with Gasteiger partial charge >= 0.3 is 6.03 Å². The highest BCUT2D eigenvalue weighted by atomic mass is 19.1. The average molecular weight is 838 g/mol. The molecule has 3 fully saturated rings. The van der Waals surface area contributed by atoms with E-state index in [1.807, 2.05) is 53.3 Å². The van der Waals surface area contributed by atoms with Crippen LogP contribution in [0.3, 0.4) is 0 Å². The fourth-order valence-electron chi connectivity index (χ4n) is 8.66. The van der Waals surface area contributed by atoms with E-state index in [1.165, 1.54) is 6.07 Å². The summed E-state index contributed by atoms with van der Waals surface area (Å²) in [5.74, 6) is -1.52. The highest BCUT2D eigenvalue weighted by molar-refractivity contribution is 6.23. The van der Waals surface area contributed by atoms with E-state index in [-0.39, 0.29) is 60.3 Å². The average Bonchev–Trinajstić information content (AvgIpc) is 3.80. The number of aliphatic hydroxyl groups is 1. The summed E-state index contributed by atoms with van der Waals surface area (Å²) in [6, 6.07) is 11.0. The lowest BCUT2D eigenvalue weighted by Gasteiger charge is -2.43. The molecule has 61 heavy (non-hydrogen) atoms. The summed E-state index contributed by atoms with van der Waals surface area (Å²) in [5.41, 5.74) is 3.70. The van der Waals surface area contributed by atoms with Crippen LogP contribution in [0.5, 0.6) is 0 Å². The Kier molecular flexibility index (Phi) is 11.9. The van der Waals surface area contributed by atoms with Crippen molar-refractivity contribution in [2.45, 2.75) is 83.5 Å². The van der Waals surface area contributed by atoms with E-state index in [1.54, 1.807) is 4.52 Å². The quantitative estimate of drug-likeness (QED) is 0.129. The second-order valence-electron chi connectivity index (χ2n) is 16.5. The predicted octanol–water partition coefficient (Wildman–Crippen LogP) is 4.01. The van der Waals surface area contributed by atoms with Crippen molar-refractivity contribution in [3.63, 3.8) is 0 Å². The molecule has 0 radical (unpaired) electrons. The second-order valence-corrected chi connectivity index (χ2v) is 16.5. The first-order valence-corrected chi connectivity index (χ1v) is 21.1. The molecule has 6 amide bonds. The number of halogens is 1. The maximum Gasteiger partial charge on any atom is 0.321 e. The monoisotopic (exact) mass is 837 g/mol. The van der Waals surface area contributed by atoms with Gasteiger partial charge in [-0.15, -0.1) is 0 Å². The molecule has 5 N–H and O–H groups in total. The van der Waals surface area contributed by atoms with Gasteiger partial charge in [-0.3, -0.25) is 34.3 Å². The number of urea groups is 1. The number of nitrogens with one attached hydrogen (secondary N) is 4. The smallest absolute Gasteiger partial charge is 0.321 e. The van der Waals surface area contributed by atoms with Gasteiger partial charge in [-0.1, -0.05) is 32.9 Å². The number of hydrogen-bond donors (Lipinski definition) is 5. The number of aliphatic hydroxyl groups excluding tert-OH is 1. The van der Waals surface area contributed by atoms with Gasteiger partial charge in [-0.25, -0.2) is 14.2 Å². The van der Waals surface area contributed by atoms with Gasteiger partial charge in [0.1, 0.15) is 23.5 Å². The van der Waals surface area contributed by atoms with Crippen LogP contribution in [0.25, 0.3) is 5.65 Å². The predicted molar refractivity (Wildman–Crippen MR) is 226 cm³/mol. The first-order valence-electron chi connectivity index (χ1n) is 21.1. The molecule has 18 heteroatoms. The van der Waals surface area contributed by atoms with Crippen LogP contribution >= 0.6 is 0 Å². The Morgan fingerprint density at radius 1 is 0.951 bits per heavy atom. The minimum Gasteiger partial charge on any atom is -0.394 e. The number of rotatable bonds is 12. The minimum absolute atomic E-state index is 0.000937. The largest absolute Gasteiger partial charge is 0.394 e. The van der Waals surface area contributed by atoms with Crippen molar-refractivity contribution in [3.8, 4) is 0 Å². The van der Waals surface area contributed by atoms with Crippen molar-refractivity contribution < 1.29 is 33.5 Å². The molecule has 0 spiro atoms.